The quantitative estimate of drug-likeness (QED) is 0.484. The fourth-order valence-corrected chi connectivity index (χ4v) is 3.94. The number of carboxylic acids is 1. The number of carbonyl (C=O) groups excluding carboxylic acids is 2. The molecule has 0 atom stereocenters. The number of anilines is 2. The second kappa shape index (κ2) is 11.7. The van der Waals surface area contributed by atoms with E-state index in [0.717, 1.165) is 12.8 Å². The molecule has 0 bridgehead atoms. The molecular weight excluding hydrogens is 444 g/mol. The molecule has 0 spiro atoms. The predicted octanol–water partition coefficient (Wildman–Crippen LogP) is 3.33. The molecular formula is C24H29ClN4O4. The van der Waals surface area contributed by atoms with Gasteiger partial charge in [-0.3, -0.25) is 14.5 Å². The number of carboxylic acid groups (broad SMARTS) is 1. The molecule has 0 saturated carbocycles. The van der Waals surface area contributed by atoms with Crippen molar-refractivity contribution in [2.75, 3.05) is 49.5 Å². The molecule has 1 aliphatic rings. The van der Waals surface area contributed by atoms with E-state index in [9.17, 15) is 19.5 Å². The van der Waals surface area contributed by atoms with E-state index >= 15 is 0 Å². The second-order valence-electron chi connectivity index (χ2n) is 7.94. The molecule has 9 heteroatoms. The van der Waals surface area contributed by atoms with Crippen molar-refractivity contribution in [3.05, 3.63) is 58.6 Å². The maximum Gasteiger partial charge on any atom is 0.337 e. The first-order valence-corrected chi connectivity index (χ1v) is 11.4. The molecule has 8 nitrogen and oxygen atoms in total. The molecule has 1 heterocycles. The van der Waals surface area contributed by atoms with Crippen LogP contribution in [-0.2, 0) is 4.79 Å². The van der Waals surface area contributed by atoms with Gasteiger partial charge in [0.1, 0.15) is 0 Å². The minimum Gasteiger partial charge on any atom is -0.478 e. The molecule has 1 fully saturated rings. The molecule has 3 N–H and O–H groups in total. The van der Waals surface area contributed by atoms with Gasteiger partial charge in [-0.15, -0.1) is 0 Å². The zero-order valence-corrected chi connectivity index (χ0v) is 19.4. The van der Waals surface area contributed by atoms with E-state index in [1.165, 1.54) is 6.07 Å². The van der Waals surface area contributed by atoms with Gasteiger partial charge in [0.15, 0.2) is 0 Å². The number of unbranched alkanes of at least 4 members (excludes halogenated alkanes) is 1. The molecule has 0 aliphatic carbocycles. The van der Waals surface area contributed by atoms with Gasteiger partial charge in [0.2, 0.25) is 5.91 Å². The van der Waals surface area contributed by atoms with Crippen molar-refractivity contribution in [3.63, 3.8) is 0 Å². The zero-order valence-electron chi connectivity index (χ0n) is 18.6. The molecule has 3 rings (SSSR count). The number of nitrogens with one attached hydrogen (secondary N) is 2. The van der Waals surface area contributed by atoms with Crippen LogP contribution in [0.15, 0.2) is 42.5 Å². The highest BCUT2D eigenvalue weighted by Gasteiger charge is 2.23. The molecule has 33 heavy (non-hydrogen) atoms. The summed E-state index contributed by atoms with van der Waals surface area (Å²) in [5.41, 5.74) is 1.39. The van der Waals surface area contributed by atoms with Crippen LogP contribution < -0.4 is 15.5 Å². The van der Waals surface area contributed by atoms with Gasteiger partial charge >= 0.3 is 5.97 Å². The van der Waals surface area contributed by atoms with Crippen LogP contribution in [0, 0.1) is 0 Å². The number of piperazine rings is 1. The number of rotatable bonds is 9. The van der Waals surface area contributed by atoms with Crippen LogP contribution in [0.4, 0.5) is 11.4 Å². The monoisotopic (exact) mass is 472 g/mol. The maximum absolute atomic E-state index is 12.5. The summed E-state index contributed by atoms with van der Waals surface area (Å²) in [4.78, 5) is 40.6. The smallest absolute Gasteiger partial charge is 0.337 e. The Balaban J connectivity index is 1.63. The Morgan fingerprint density at radius 2 is 1.76 bits per heavy atom. The average Bonchev–Trinajstić information content (AvgIpc) is 2.80. The third kappa shape index (κ3) is 6.69. The lowest BCUT2D eigenvalue weighted by atomic mass is 10.1. The Bertz CT molecular complexity index is 1010. The highest BCUT2D eigenvalue weighted by molar-refractivity contribution is 6.34. The Labute approximate surface area is 198 Å². The predicted molar refractivity (Wildman–Crippen MR) is 129 cm³/mol. The first-order valence-electron chi connectivity index (χ1n) is 11.1. The van der Waals surface area contributed by atoms with Crippen LogP contribution >= 0.6 is 11.6 Å². The van der Waals surface area contributed by atoms with Crippen LogP contribution in [-0.4, -0.2) is 67.1 Å². The third-order valence-corrected chi connectivity index (χ3v) is 5.87. The van der Waals surface area contributed by atoms with E-state index in [0.29, 0.717) is 61.2 Å². The average molecular weight is 473 g/mol. The summed E-state index contributed by atoms with van der Waals surface area (Å²) < 4.78 is 0. The van der Waals surface area contributed by atoms with Crippen LogP contribution in [0.2, 0.25) is 5.02 Å². The fourth-order valence-electron chi connectivity index (χ4n) is 3.72. The number of hydrogen-bond donors (Lipinski definition) is 3. The van der Waals surface area contributed by atoms with E-state index in [1.807, 2.05) is 4.90 Å². The zero-order chi connectivity index (χ0) is 23.8. The van der Waals surface area contributed by atoms with Gasteiger partial charge in [-0.2, -0.15) is 0 Å². The number of halogens is 1. The molecule has 176 valence electrons. The van der Waals surface area contributed by atoms with Gasteiger partial charge in [0.25, 0.3) is 5.91 Å². The lowest BCUT2D eigenvalue weighted by Crippen LogP contribution is -2.49. The van der Waals surface area contributed by atoms with E-state index < -0.39 is 11.9 Å². The molecule has 0 aromatic heterocycles. The Kier molecular flexibility index (Phi) is 8.68. The minimum atomic E-state index is -1.07. The van der Waals surface area contributed by atoms with Gasteiger partial charge in [0, 0.05) is 38.4 Å². The molecule has 1 aliphatic heterocycles. The summed E-state index contributed by atoms with van der Waals surface area (Å²) in [5, 5.41) is 15.7. The highest BCUT2D eigenvalue weighted by Crippen LogP contribution is 2.26. The van der Waals surface area contributed by atoms with Crippen molar-refractivity contribution in [1.29, 1.82) is 0 Å². The lowest BCUT2D eigenvalue weighted by molar-refractivity contribution is -0.122. The molecule has 0 radical (unpaired) electrons. The summed E-state index contributed by atoms with van der Waals surface area (Å²) in [6.07, 6.45) is 2.00. The van der Waals surface area contributed by atoms with Crippen molar-refractivity contribution in [2.24, 2.45) is 0 Å². The van der Waals surface area contributed by atoms with E-state index in [2.05, 4.69) is 22.5 Å². The number of hydrogen-bond acceptors (Lipinski definition) is 5. The third-order valence-electron chi connectivity index (χ3n) is 5.54. The number of nitrogens with zero attached hydrogens (tertiary/aromatic N) is 2. The summed E-state index contributed by atoms with van der Waals surface area (Å²) in [5.74, 6) is -1.46. The van der Waals surface area contributed by atoms with Crippen LogP contribution in [0.25, 0.3) is 0 Å². The summed E-state index contributed by atoms with van der Waals surface area (Å²) in [7, 11) is 0. The highest BCUT2D eigenvalue weighted by atomic mass is 35.5. The standard InChI is InChI=1S/C24H29ClN4O4/c1-2-3-10-26-22(30)16-28-11-13-29(14-12-28)21-9-8-17(15-19(21)24(32)33)27-23(31)18-6-4-5-7-20(18)25/h4-9,15H,2-3,10-14,16H2,1H3,(H,26,30)(H,27,31)(H,32,33). The molecule has 0 unspecified atom stereocenters. The number of amides is 2. The van der Waals surface area contributed by atoms with Gasteiger partial charge in [-0.05, 0) is 36.8 Å². The SMILES string of the molecule is CCCCNC(=O)CN1CCN(c2ccc(NC(=O)c3ccccc3Cl)cc2C(=O)O)CC1. The first kappa shape index (κ1) is 24.5. The largest absolute Gasteiger partial charge is 0.478 e. The summed E-state index contributed by atoms with van der Waals surface area (Å²) in [6, 6.07) is 11.5. The molecule has 2 aromatic rings. The van der Waals surface area contributed by atoms with E-state index in [4.69, 9.17) is 11.6 Å². The summed E-state index contributed by atoms with van der Waals surface area (Å²) >= 11 is 6.08. The Morgan fingerprint density at radius 1 is 1.03 bits per heavy atom. The molecule has 2 aromatic carbocycles. The topological polar surface area (TPSA) is 102 Å². The maximum atomic E-state index is 12.5. The van der Waals surface area contributed by atoms with Crippen LogP contribution in [0.1, 0.15) is 40.5 Å². The Hall–Kier alpha value is -3.10. The Morgan fingerprint density at radius 3 is 2.42 bits per heavy atom. The van der Waals surface area contributed by atoms with Gasteiger partial charge in [-0.25, -0.2) is 4.79 Å². The van der Waals surface area contributed by atoms with Crippen LogP contribution in [0.3, 0.4) is 0 Å². The van der Waals surface area contributed by atoms with Gasteiger partial charge < -0.3 is 20.6 Å². The molecule has 2 amide bonds. The number of aromatic carboxylic acids is 1. The second-order valence-corrected chi connectivity index (χ2v) is 8.34. The van der Waals surface area contributed by atoms with Crippen molar-refractivity contribution < 1.29 is 19.5 Å². The van der Waals surface area contributed by atoms with Crippen molar-refractivity contribution in [2.45, 2.75) is 19.8 Å². The van der Waals surface area contributed by atoms with Crippen molar-refractivity contribution in [1.82, 2.24) is 10.2 Å². The minimum absolute atomic E-state index is 0.0155. The van der Waals surface area contributed by atoms with Crippen molar-refractivity contribution in [3.8, 4) is 0 Å². The number of carbonyl (C=O) groups is 3. The normalized spacial score (nSPS) is 14.1. The van der Waals surface area contributed by atoms with E-state index in [-0.39, 0.29) is 11.5 Å². The van der Waals surface area contributed by atoms with Gasteiger partial charge in [0.05, 0.1) is 28.4 Å². The number of benzene rings is 2. The summed E-state index contributed by atoms with van der Waals surface area (Å²) in [6.45, 7) is 5.64. The van der Waals surface area contributed by atoms with Crippen LogP contribution in [0.5, 0.6) is 0 Å². The fraction of sp³-hybridized carbons (Fsp3) is 0.375. The van der Waals surface area contributed by atoms with Crippen molar-refractivity contribution >= 4 is 40.8 Å². The molecule has 1 saturated heterocycles. The van der Waals surface area contributed by atoms with Gasteiger partial charge in [-0.1, -0.05) is 37.1 Å². The first-order chi connectivity index (χ1) is 15.9. The van der Waals surface area contributed by atoms with E-state index in [1.54, 1.807) is 36.4 Å². The lowest BCUT2D eigenvalue weighted by Gasteiger charge is -2.36.